The predicted molar refractivity (Wildman–Crippen MR) is 472 cm³/mol. The van der Waals surface area contributed by atoms with Gasteiger partial charge in [-0.2, -0.15) is 0 Å². The van der Waals surface area contributed by atoms with Crippen molar-refractivity contribution >= 4 is 143 Å². The van der Waals surface area contributed by atoms with Gasteiger partial charge < -0.3 is 24.5 Å². The van der Waals surface area contributed by atoms with E-state index < -0.39 is 0 Å². The quantitative estimate of drug-likeness (QED) is 0.100. The Balaban J connectivity index is 0.827. The average molecular weight is 1430 g/mol. The second-order valence-electron chi connectivity index (χ2n) is 29.1. The molecular weight excluding hydrogens is 1360 g/mol. The molecule has 5 nitrogen and oxygen atoms in total. The summed E-state index contributed by atoms with van der Waals surface area (Å²) in [7, 11) is 0. The van der Waals surface area contributed by atoms with Gasteiger partial charge in [0.05, 0.1) is 11.4 Å². The molecule has 0 N–H and O–H groups in total. The lowest BCUT2D eigenvalue weighted by molar-refractivity contribution is 1.21. The van der Waals surface area contributed by atoms with Gasteiger partial charge in [0.1, 0.15) is 0 Å². The van der Waals surface area contributed by atoms with E-state index in [1.807, 2.05) is 11.8 Å². The maximum atomic E-state index is 2.68. The van der Waals surface area contributed by atoms with Crippen molar-refractivity contribution in [1.82, 2.24) is 0 Å². The van der Waals surface area contributed by atoms with Gasteiger partial charge in [-0.25, -0.2) is 0 Å². The van der Waals surface area contributed by atoms with Crippen LogP contribution in [0.5, 0.6) is 0 Å². The Morgan fingerprint density at radius 3 is 0.991 bits per heavy atom. The molecule has 0 amide bonds. The first kappa shape index (κ1) is 65.5. The van der Waals surface area contributed by atoms with E-state index in [0.29, 0.717) is 0 Å². The Morgan fingerprint density at radius 2 is 0.568 bits per heavy atom. The van der Waals surface area contributed by atoms with Crippen LogP contribution in [-0.2, 0) is 0 Å². The number of fused-ring (bicyclic) bond motifs is 8. The van der Waals surface area contributed by atoms with Crippen molar-refractivity contribution in [2.45, 2.75) is 16.7 Å². The smallest absolute Gasteiger partial charge is 0.252 e. The van der Waals surface area contributed by atoms with Crippen LogP contribution in [0.1, 0.15) is 5.56 Å². The van der Waals surface area contributed by atoms with Crippen molar-refractivity contribution in [1.29, 1.82) is 0 Å². The summed E-state index contributed by atoms with van der Waals surface area (Å²) in [5.74, 6) is 0. The number of nitrogens with zero attached hydrogens (tertiary/aromatic N) is 5. The molecular formula is C103H71B2N5S. The molecule has 17 aromatic rings. The number of hydrogen-bond acceptors (Lipinski definition) is 6. The highest BCUT2D eigenvalue weighted by atomic mass is 32.2. The van der Waals surface area contributed by atoms with Crippen molar-refractivity contribution < 1.29 is 0 Å². The first-order valence-electron chi connectivity index (χ1n) is 38.3. The first-order valence-corrected chi connectivity index (χ1v) is 39.1. The molecule has 4 heterocycles. The zero-order chi connectivity index (χ0) is 73.5. The molecule has 17 aromatic carbocycles. The van der Waals surface area contributed by atoms with Crippen LogP contribution in [0.4, 0.5) is 85.3 Å². The Bertz CT molecular complexity index is 6190. The van der Waals surface area contributed by atoms with Crippen molar-refractivity contribution in [3.63, 3.8) is 0 Å². The summed E-state index contributed by atoms with van der Waals surface area (Å²) in [6.07, 6.45) is 0. The molecule has 4 aliphatic heterocycles. The van der Waals surface area contributed by atoms with E-state index in [2.05, 4.69) is 444 Å². The van der Waals surface area contributed by atoms with Crippen molar-refractivity contribution in [3.05, 3.63) is 418 Å². The van der Waals surface area contributed by atoms with E-state index in [9.17, 15) is 0 Å². The molecule has 0 unspecified atom stereocenters. The standard InChI is InChI=1S/C103H71B2N5S/c1-70-28-27-43-88(79-37-17-6-18-38-79)103(70)110-95-69-99-92(105-90-45-24-26-47-94(90)109(81-41-21-8-22-42-81)98-66-87(67-100(111-99)102(98)105)107(84-60-52-77(53-61-84)73-33-13-4-14-34-73)85-62-54-78(55-63-85)74-35-15-5-16-36-74)68-91(95)104-89-44-23-25-46-93(89)108(80-39-19-7-20-40-80)96-64-86(65-97(110)101(96)104)106(82-56-48-75(49-57-82)71-29-9-2-10-30-71)83-58-50-76(51-59-83)72-31-11-3-12-32-72/h2-69H,1H3. The minimum absolute atomic E-state index is 0.143. The minimum atomic E-state index is -0.201. The SMILES string of the molecule is Cc1cccc(-c2ccccc2)c1N1c2cc3c(cc2B2c4ccccc4N(c4ccccc4)c4cc(N(c5ccc(-c6ccccc6)cc5)c5ccc(-c6ccccc6)cc5)cc1c42)B1c2ccccc2N(c2ccccc2)c2cc(N(c4ccc(-c5ccccc5)cc4)c4ccc(-c5ccccc5)cc4)cc(c21)S3. The summed E-state index contributed by atoms with van der Waals surface area (Å²) in [5, 5.41) is 0. The monoisotopic (exact) mass is 1430 g/mol. The number of anilines is 15. The molecule has 8 heteroatoms. The van der Waals surface area contributed by atoms with Gasteiger partial charge in [0.25, 0.3) is 6.71 Å². The zero-order valence-electron chi connectivity index (χ0n) is 61.1. The molecule has 0 spiro atoms. The molecule has 4 aliphatic rings. The van der Waals surface area contributed by atoms with Crippen LogP contribution in [0.15, 0.2) is 422 Å². The Hall–Kier alpha value is -13.8. The molecule has 0 radical (unpaired) electrons. The summed E-state index contributed by atoms with van der Waals surface area (Å²) in [5.41, 5.74) is 37.0. The fraction of sp³-hybridized carbons (Fsp3) is 0.00971. The summed E-state index contributed by atoms with van der Waals surface area (Å²) < 4.78 is 0. The van der Waals surface area contributed by atoms with E-state index in [-0.39, 0.29) is 13.4 Å². The highest BCUT2D eigenvalue weighted by Gasteiger charge is 2.48. The van der Waals surface area contributed by atoms with E-state index in [1.165, 1.54) is 81.5 Å². The van der Waals surface area contributed by atoms with Crippen LogP contribution < -0.4 is 57.3 Å². The lowest BCUT2D eigenvalue weighted by Crippen LogP contribution is -2.64. The minimum Gasteiger partial charge on any atom is -0.311 e. The predicted octanol–water partition coefficient (Wildman–Crippen LogP) is 24.1. The topological polar surface area (TPSA) is 16.2 Å². The second-order valence-corrected chi connectivity index (χ2v) is 30.2. The molecule has 0 fully saturated rings. The first-order chi connectivity index (χ1) is 55.0. The Labute approximate surface area is 653 Å². The van der Waals surface area contributed by atoms with Gasteiger partial charge in [0.2, 0.25) is 6.71 Å². The molecule has 0 saturated carbocycles. The van der Waals surface area contributed by atoms with Crippen molar-refractivity contribution in [2.75, 3.05) is 24.5 Å². The number of rotatable bonds is 14. The fourth-order valence-corrected chi connectivity index (χ4v) is 19.0. The van der Waals surface area contributed by atoms with Crippen LogP contribution in [0.2, 0.25) is 0 Å². The van der Waals surface area contributed by atoms with E-state index >= 15 is 0 Å². The summed E-state index contributed by atoms with van der Waals surface area (Å²) in [4.78, 5) is 15.1. The van der Waals surface area contributed by atoms with E-state index in [1.54, 1.807) is 0 Å². The van der Waals surface area contributed by atoms with Crippen LogP contribution in [0.3, 0.4) is 0 Å². The van der Waals surface area contributed by atoms with E-state index in [0.717, 1.165) is 108 Å². The van der Waals surface area contributed by atoms with Gasteiger partial charge in [-0.15, -0.1) is 0 Å². The van der Waals surface area contributed by atoms with Crippen molar-refractivity contribution in [3.8, 4) is 55.6 Å². The number of aryl methyl sites for hydroxylation is 1. The third-order valence-electron chi connectivity index (χ3n) is 22.8. The van der Waals surface area contributed by atoms with E-state index in [4.69, 9.17) is 0 Å². The molecule has 0 saturated heterocycles. The maximum Gasteiger partial charge on any atom is 0.252 e. The van der Waals surface area contributed by atoms with Crippen LogP contribution in [0.25, 0.3) is 55.6 Å². The van der Waals surface area contributed by atoms with Gasteiger partial charge in [0, 0.05) is 89.3 Å². The van der Waals surface area contributed by atoms with Crippen molar-refractivity contribution in [2.24, 2.45) is 0 Å². The zero-order valence-corrected chi connectivity index (χ0v) is 61.9. The molecule has 520 valence electrons. The number of hydrogen-bond donors (Lipinski definition) is 0. The molecule has 21 rings (SSSR count). The largest absolute Gasteiger partial charge is 0.311 e. The van der Waals surface area contributed by atoms with Gasteiger partial charge in [-0.05, 0) is 205 Å². The van der Waals surface area contributed by atoms with Gasteiger partial charge in [-0.1, -0.05) is 314 Å². The summed E-state index contributed by atoms with van der Waals surface area (Å²) in [6, 6.07) is 153. The third-order valence-corrected chi connectivity index (χ3v) is 23.9. The summed E-state index contributed by atoms with van der Waals surface area (Å²) in [6.45, 7) is 1.97. The molecule has 0 aromatic heterocycles. The highest BCUT2D eigenvalue weighted by molar-refractivity contribution is 8.00. The van der Waals surface area contributed by atoms with Crippen LogP contribution >= 0.6 is 11.8 Å². The second kappa shape index (κ2) is 27.5. The van der Waals surface area contributed by atoms with Gasteiger partial charge in [0.15, 0.2) is 0 Å². The molecule has 0 atom stereocenters. The third kappa shape index (κ3) is 11.4. The number of benzene rings is 17. The fourth-order valence-electron chi connectivity index (χ4n) is 17.8. The lowest BCUT2D eigenvalue weighted by atomic mass is 9.31. The molecule has 0 bridgehead atoms. The Morgan fingerprint density at radius 1 is 0.225 bits per heavy atom. The maximum absolute atomic E-state index is 2.68. The normalized spacial score (nSPS) is 12.6. The Kier molecular flexibility index (Phi) is 16.2. The van der Waals surface area contributed by atoms with Gasteiger partial charge >= 0.3 is 0 Å². The number of para-hydroxylation sites is 5. The molecule has 0 aliphatic carbocycles. The average Bonchev–Trinajstić information content (AvgIpc) is 0.685. The summed E-state index contributed by atoms with van der Waals surface area (Å²) >= 11 is 1.91. The highest BCUT2D eigenvalue weighted by Crippen LogP contribution is 2.54. The lowest BCUT2D eigenvalue weighted by Gasteiger charge is -2.46. The van der Waals surface area contributed by atoms with Crippen LogP contribution in [0, 0.1) is 6.92 Å². The van der Waals surface area contributed by atoms with Gasteiger partial charge in [-0.3, -0.25) is 0 Å². The molecule has 111 heavy (non-hydrogen) atoms. The van der Waals surface area contributed by atoms with Crippen LogP contribution in [-0.4, -0.2) is 13.4 Å².